The second-order valence-corrected chi connectivity index (χ2v) is 6.49. The minimum atomic E-state index is -3.34. The standard InChI is InChI=1S/C13H19N5O2S/c1-14-8-11-2-4-12(5-3-11)9-21(19,20)17-7-6-13-15-10-16-18-13/h2-5,10,14,17H,6-9H2,1H3,(H,15,16,18). The Balaban J connectivity index is 1.85. The number of hydrogen-bond acceptors (Lipinski definition) is 5. The molecule has 0 unspecified atom stereocenters. The first kappa shape index (κ1) is 15.6. The zero-order chi connectivity index (χ0) is 15.1. The molecular formula is C13H19N5O2S. The van der Waals surface area contributed by atoms with Crippen LogP contribution in [0.15, 0.2) is 30.6 Å². The number of aromatic amines is 1. The molecule has 0 radical (unpaired) electrons. The van der Waals surface area contributed by atoms with Crippen molar-refractivity contribution in [1.29, 1.82) is 0 Å². The average molecular weight is 309 g/mol. The van der Waals surface area contributed by atoms with Crippen molar-refractivity contribution in [3.63, 3.8) is 0 Å². The second kappa shape index (κ2) is 7.30. The Morgan fingerprint density at radius 1 is 1.19 bits per heavy atom. The van der Waals surface area contributed by atoms with Crippen molar-refractivity contribution in [2.45, 2.75) is 18.7 Å². The molecule has 0 aliphatic carbocycles. The lowest BCUT2D eigenvalue weighted by atomic mass is 10.1. The molecule has 0 aliphatic heterocycles. The van der Waals surface area contributed by atoms with Crippen molar-refractivity contribution in [3.8, 4) is 0 Å². The van der Waals surface area contributed by atoms with Crippen molar-refractivity contribution in [2.24, 2.45) is 0 Å². The third kappa shape index (κ3) is 5.25. The molecule has 1 aromatic heterocycles. The van der Waals surface area contributed by atoms with Gasteiger partial charge in [0.25, 0.3) is 0 Å². The van der Waals surface area contributed by atoms with Gasteiger partial charge in [0.15, 0.2) is 0 Å². The van der Waals surface area contributed by atoms with Gasteiger partial charge in [0.1, 0.15) is 12.2 Å². The number of H-pyrrole nitrogens is 1. The lowest BCUT2D eigenvalue weighted by molar-refractivity contribution is 0.580. The molecule has 0 saturated carbocycles. The topological polar surface area (TPSA) is 99.8 Å². The van der Waals surface area contributed by atoms with Gasteiger partial charge in [-0.3, -0.25) is 5.10 Å². The van der Waals surface area contributed by atoms with Crippen LogP contribution in [0.2, 0.25) is 0 Å². The van der Waals surface area contributed by atoms with Crippen molar-refractivity contribution in [2.75, 3.05) is 13.6 Å². The molecule has 0 fully saturated rings. The summed E-state index contributed by atoms with van der Waals surface area (Å²) in [4.78, 5) is 3.94. The Morgan fingerprint density at radius 3 is 2.52 bits per heavy atom. The molecule has 0 spiro atoms. The summed E-state index contributed by atoms with van der Waals surface area (Å²) in [7, 11) is -1.47. The van der Waals surface area contributed by atoms with Crippen molar-refractivity contribution in [3.05, 3.63) is 47.5 Å². The molecule has 8 heteroatoms. The number of aromatic nitrogens is 3. The van der Waals surface area contributed by atoms with Crippen LogP contribution >= 0.6 is 0 Å². The Kier molecular flexibility index (Phi) is 5.43. The molecule has 0 bridgehead atoms. The van der Waals surface area contributed by atoms with Crippen molar-refractivity contribution < 1.29 is 8.42 Å². The van der Waals surface area contributed by atoms with Crippen LogP contribution < -0.4 is 10.0 Å². The van der Waals surface area contributed by atoms with Crippen LogP contribution in [0.1, 0.15) is 17.0 Å². The lowest BCUT2D eigenvalue weighted by Crippen LogP contribution is -2.27. The van der Waals surface area contributed by atoms with Crippen LogP contribution in [0.5, 0.6) is 0 Å². The first-order valence-electron chi connectivity index (χ1n) is 6.63. The Labute approximate surface area is 124 Å². The van der Waals surface area contributed by atoms with Gasteiger partial charge in [-0.25, -0.2) is 18.1 Å². The largest absolute Gasteiger partial charge is 0.316 e. The fraction of sp³-hybridized carbons (Fsp3) is 0.385. The summed E-state index contributed by atoms with van der Waals surface area (Å²) in [6.45, 7) is 1.07. The lowest BCUT2D eigenvalue weighted by Gasteiger charge is -2.07. The summed E-state index contributed by atoms with van der Waals surface area (Å²) >= 11 is 0. The number of benzene rings is 1. The quantitative estimate of drug-likeness (QED) is 0.646. The predicted molar refractivity (Wildman–Crippen MR) is 79.9 cm³/mol. The van der Waals surface area contributed by atoms with Crippen LogP contribution in [-0.4, -0.2) is 37.2 Å². The Bertz CT molecular complexity index is 638. The summed E-state index contributed by atoms with van der Waals surface area (Å²) in [5, 5.41) is 9.45. The highest BCUT2D eigenvalue weighted by molar-refractivity contribution is 7.88. The van der Waals surface area contributed by atoms with E-state index in [1.165, 1.54) is 6.33 Å². The number of rotatable bonds is 8. The highest BCUT2D eigenvalue weighted by Crippen LogP contribution is 2.07. The van der Waals surface area contributed by atoms with E-state index in [4.69, 9.17) is 0 Å². The van der Waals surface area contributed by atoms with E-state index in [9.17, 15) is 8.42 Å². The number of hydrogen-bond donors (Lipinski definition) is 3. The van der Waals surface area contributed by atoms with Crippen LogP contribution in [0.4, 0.5) is 0 Å². The van der Waals surface area contributed by atoms with E-state index in [0.29, 0.717) is 18.8 Å². The first-order chi connectivity index (χ1) is 10.1. The summed E-state index contributed by atoms with van der Waals surface area (Å²) in [5.74, 6) is 0.637. The van der Waals surface area contributed by atoms with E-state index in [1.54, 1.807) is 0 Å². The summed E-state index contributed by atoms with van der Waals surface area (Å²) in [5.41, 5.74) is 1.89. The fourth-order valence-electron chi connectivity index (χ4n) is 1.90. The molecule has 7 nitrogen and oxygen atoms in total. The van der Waals surface area contributed by atoms with E-state index in [2.05, 4.69) is 25.2 Å². The molecule has 1 heterocycles. The van der Waals surface area contributed by atoms with E-state index in [1.807, 2.05) is 31.3 Å². The summed E-state index contributed by atoms with van der Waals surface area (Å²) in [6, 6.07) is 7.52. The molecule has 0 atom stereocenters. The molecule has 0 aliphatic rings. The zero-order valence-corrected chi connectivity index (χ0v) is 12.7. The third-order valence-corrected chi connectivity index (χ3v) is 4.27. The maximum absolute atomic E-state index is 12.0. The van der Waals surface area contributed by atoms with Crippen LogP contribution in [0.3, 0.4) is 0 Å². The van der Waals surface area contributed by atoms with Gasteiger partial charge < -0.3 is 5.32 Å². The molecule has 114 valence electrons. The Morgan fingerprint density at radius 2 is 1.90 bits per heavy atom. The molecule has 21 heavy (non-hydrogen) atoms. The molecule has 0 saturated heterocycles. The van der Waals surface area contributed by atoms with Gasteiger partial charge in [-0.15, -0.1) is 0 Å². The van der Waals surface area contributed by atoms with Gasteiger partial charge in [0, 0.05) is 19.5 Å². The third-order valence-electron chi connectivity index (χ3n) is 2.91. The second-order valence-electron chi connectivity index (χ2n) is 4.68. The average Bonchev–Trinajstić information content (AvgIpc) is 2.94. The van der Waals surface area contributed by atoms with Crippen molar-refractivity contribution >= 4 is 10.0 Å². The maximum atomic E-state index is 12.0. The SMILES string of the molecule is CNCc1ccc(CS(=O)(=O)NCCc2ncn[nH]2)cc1. The Hall–Kier alpha value is -1.77. The maximum Gasteiger partial charge on any atom is 0.215 e. The fourth-order valence-corrected chi connectivity index (χ4v) is 3.05. The van der Waals surface area contributed by atoms with Gasteiger partial charge >= 0.3 is 0 Å². The molecule has 0 amide bonds. The van der Waals surface area contributed by atoms with E-state index in [0.717, 1.165) is 17.7 Å². The normalized spacial score (nSPS) is 11.7. The number of sulfonamides is 1. The molecule has 3 N–H and O–H groups in total. The van der Waals surface area contributed by atoms with E-state index < -0.39 is 10.0 Å². The van der Waals surface area contributed by atoms with E-state index >= 15 is 0 Å². The minimum Gasteiger partial charge on any atom is -0.316 e. The minimum absolute atomic E-state index is 0.0246. The first-order valence-corrected chi connectivity index (χ1v) is 8.28. The van der Waals surface area contributed by atoms with Crippen LogP contribution in [-0.2, 0) is 28.7 Å². The van der Waals surface area contributed by atoms with Gasteiger partial charge in [-0.05, 0) is 18.2 Å². The summed E-state index contributed by atoms with van der Waals surface area (Å²) in [6.07, 6.45) is 1.89. The zero-order valence-electron chi connectivity index (χ0n) is 11.8. The molecule has 2 rings (SSSR count). The molecular weight excluding hydrogens is 290 g/mol. The highest BCUT2D eigenvalue weighted by Gasteiger charge is 2.11. The van der Waals surface area contributed by atoms with Gasteiger partial charge in [-0.2, -0.15) is 5.10 Å². The molecule has 2 aromatic rings. The smallest absolute Gasteiger partial charge is 0.215 e. The number of nitrogens with zero attached hydrogens (tertiary/aromatic N) is 2. The number of nitrogens with one attached hydrogen (secondary N) is 3. The van der Waals surface area contributed by atoms with Gasteiger partial charge in [0.2, 0.25) is 10.0 Å². The predicted octanol–water partition coefficient (Wildman–Crippen LogP) is 0.186. The highest BCUT2D eigenvalue weighted by atomic mass is 32.2. The monoisotopic (exact) mass is 309 g/mol. The van der Waals surface area contributed by atoms with Crippen LogP contribution in [0, 0.1) is 0 Å². The molecule has 1 aromatic carbocycles. The van der Waals surface area contributed by atoms with Crippen molar-refractivity contribution in [1.82, 2.24) is 25.2 Å². The van der Waals surface area contributed by atoms with E-state index in [-0.39, 0.29) is 5.75 Å². The van der Waals surface area contributed by atoms with Crippen LogP contribution in [0.25, 0.3) is 0 Å². The van der Waals surface area contributed by atoms with Gasteiger partial charge in [0.05, 0.1) is 5.75 Å². The van der Waals surface area contributed by atoms with Gasteiger partial charge in [-0.1, -0.05) is 24.3 Å². The summed E-state index contributed by atoms with van der Waals surface area (Å²) < 4.78 is 26.5.